The molecule has 0 bridgehead atoms. The molecule has 0 heterocycles. The largest absolute Gasteiger partial charge is 0.508 e. The second kappa shape index (κ2) is 10.0. The molecule has 0 saturated carbocycles. The van der Waals surface area contributed by atoms with E-state index in [1.807, 2.05) is 0 Å². The number of rotatable bonds is 10. The van der Waals surface area contributed by atoms with Crippen molar-refractivity contribution in [3.8, 4) is 5.75 Å². The fraction of sp³-hybridized carbons (Fsp3) is 0.412. The van der Waals surface area contributed by atoms with Crippen LogP contribution in [0.2, 0.25) is 0 Å². The average Bonchev–Trinajstić information content (AvgIpc) is 2.58. The van der Waals surface area contributed by atoms with E-state index in [9.17, 15) is 24.3 Å². The first kappa shape index (κ1) is 20.9. The minimum atomic E-state index is -0.849. The lowest BCUT2D eigenvalue weighted by molar-refractivity contribution is -0.137. The summed E-state index contributed by atoms with van der Waals surface area (Å²) in [6.45, 7) is 0.0749. The van der Waals surface area contributed by atoms with Gasteiger partial charge in [0.25, 0.3) is 0 Å². The monoisotopic (exact) mass is 364 g/mol. The molecule has 1 atom stereocenters. The number of nitrogens with one attached hydrogen (secondary N) is 1. The summed E-state index contributed by atoms with van der Waals surface area (Å²) in [4.78, 5) is 47.3. The Morgan fingerprint density at radius 2 is 1.69 bits per heavy atom. The molecule has 1 aromatic rings. The number of phenols is 1. The molecule has 1 rings (SSSR count). The Labute approximate surface area is 151 Å². The maximum absolute atomic E-state index is 12.2. The Balaban J connectivity index is 2.54. The summed E-state index contributed by atoms with van der Waals surface area (Å²) >= 11 is 0. The second-order valence-electron chi connectivity index (χ2n) is 5.86. The summed E-state index contributed by atoms with van der Waals surface area (Å²) in [6.07, 6.45) is 0.0984. The molecule has 1 aromatic carbocycles. The van der Waals surface area contributed by atoms with Gasteiger partial charge in [0.1, 0.15) is 11.8 Å². The fourth-order valence-electron chi connectivity index (χ4n) is 2.27. The van der Waals surface area contributed by atoms with Crippen LogP contribution in [0.4, 0.5) is 0 Å². The lowest BCUT2D eigenvalue weighted by Crippen LogP contribution is -2.47. The number of amides is 4. The highest BCUT2D eigenvalue weighted by atomic mass is 16.3. The van der Waals surface area contributed by atoms with E-state index in [-0.39, 0.29) is 49.8 Å². The molecule has 0 aliphatic rings. The van der Waals surface area contributed by atoms with Gasteiger partial charge in [0.05, 0.1) is 0 Å². The number of primary amides is 2. The van der Waals surface area contributed by atoms with Gasteiger partial charge in [-0.05, 0) is 17.7 Å². The molecule has 0 aromatic heterocycles. The summed E-state index contributed by atoms with van der Waals surface area (Å²) in [5.74, 6) is -1.87. The van der Waals surface area contributed by atoms with Crippen molar-refractivity contribution >= 4 is 23.6 Å². The first-order valence-corrected chi connectivity index (χ1v) is 8.08. The van der Waals surface area contributed by atoms with Crippen molar-refractivity contribution in [1.82, 2.24) is 10.2 Å². The third-order valence-electron chi connectivity index (χ3n) is 3.81. The van der Waals surface area contributed by atoms with Gasteiger partial charge in [-0.25, -0.2) is 0 Å². The Morgan fingerprint density at radius 3 is 2.23 bits per heavy atom. The minimum Gasteiger partial charge on any atom is -0.508 e. The van der Waals surface area contributed by atoms with Crippen LogP contribution < -0.4 is 16.8 Å². The van der Waals surface area contributed by atoms with E-state index in [0.29, 0.717) is 0 Å². The van der Waals surface area contributed by atoms with Gasteiger partial charge < -0.3 is 26.8 Å². The molecule has 9 nitrogen and oxygen atoms in total. The zero-order valence-electron chi connectivity index (χ0n) is 14.6. The van der Waals surface area contributed by atoms with Gasteiger partial charge in [-0.1, -0.05) is 12.1 Å². The van der Waals surface area contributed by atoms with E-state index in [1.54, 1.807) is 12.1 Å². The molecule has 0 fully saturated rings. The quantitative estimate of drug-likeness (QED) is 0.420. The van der Waals surface area contributed by atoms with Gasteiger partial charge in [-0.15, -0.1) is 0 Å². The molecule has 0 aliphatic heterocycles. The van der Waals surface area contributed by atoms with E-state index < -0.39 is 17.9 Å². The number of carbonyl (C=O) groups excluding carboxylic acids is 4. The van der Waals surface area contributed by atoms with Crippen LogP contribution in [0, 0.1) is 0 Å². The van der Waals surface area contributed by atoms with Gasteiger partial charge >= 0.3 is 0 Å². The standard InChI is InChI=1S/C17H24N4O5/c1-21(16(25)8-9-20-15(24)7-6-14(18)23)13(17(19)26)10-11-2-4-12(22)5-3-11/h2-5,13,22H,6-10H2,1H3,(H2,18,23)(H2,19,26)(H,20,24)/t13-/m1/s1. The fourth-order valence-corrected chi connectivity index (χ4v) is 2.27. The molecular formula is C17H24N4O5. The predicted molar refractivity (Wildman–Crippen MR) is 93.6 cm³/mol. The van der Waals surface area contributed by atoms with Crippen molar-refractivity contribution in [2.45, 2.75) is 31.7 Å². The van der Waals surface area contributed by atoms with Crippen LogP contribution in [0.3, 0.4) is 0 Å². The van der Waals surface area contributed by atoms with Crippen LogP contribution in [0.1, 0.15) is 24.8 Å². The van der Waals surface area contributed by atoms with Crippen LogP contribution in [0.25, 0.3) is 0 Å². The number of hydrogen-bond donors (Lipinski definition) is 4. The SMILES string of the molecule is CN(C(=O)CCNC(=O)CCC(N)=O)[C@H](Cc1ccc(O)cc1)C(N)=O. The van der Waals surface area contributed by atoms with Crippen molar-refractivity contribution in [3.63, 3.8) is 0 Å². The molecule has 0 spiro atoms. The molecular weight excluding hydrogens is 340 g/mol. The van der Waals surface area contributed by atoms with E-state index in [0.717, 1.165) is 5.56 Å². The average molecular weight is 364 g/mol. The van der Waals surface area contributed by atoms with Gasteiger partial charge in [0, 0.05) is 39.3 Å². The van der Waals surface area contributed by atoms with E-state index in [2.05, 4.69) is 5.32 Å². The Bertz CT molecular complexity index is 660. The lowest BCUT2D eigenvalue weighted by atomic mass is 10.0. The number of carbonyl (C=O) groups is 4. The highest BCUT2D eigenvalue weighted by Crippen LogP contribution is 2.13. The first-order chi connectivity index (χ1) is 12.2. The van der Waals surface area contributed by atoms with Crippen LogP contribution in [0.5, 0.6) is 5.75 Å². The summed E-state index contributed by atoms with van der Waals surface area (Å²) in [6, 6.07) is 5.40. The number of benzene rings is 1. The van der Waals surface area contributed by atoms with Gasteiger partial charge in [-0.3, -0.25) is 19.2 Å². The minimum absolute atomic E-state index is 0.0157. The maximum atomic E-state index is 12.2. The number of nitrogens with two attached hydrogens (primary N) is 2. The predicted octanol–water partition coefficient (Wildman–Crippen LogP) is -0.981. The second-order valence-corrected chi connectivity index (χ2v) is 5.86. The molecule has 4 amide bonds. The van der Waals surface area contributed by atoms with Crippen molar-refractivity contribution in [2.75, 3.05) is 13.6 Å². The Hall–Kier alpha value is -3.10. The van der Waals surface area contributed by atoms with Gasteiger partial charge in [0.2, 0.25) is 23.6 Å². The van der Waals surface area contributed by atoms with Gasteiger partial charge in [0.15, 0.2) is 0 Å². The number of hydrogen-bond acceptors (Lipinski definition) is 5. The van der Waals surface area contributed by atoms with Crippen LogP contribution in [0.15, 0.2) is 24.3 Å². The zero-order valence-corrected chi connectivity index (χ0v) is 14.6. The normalized spacial score (nSPS) is 11.4. The number of nitrogens with zero attached hydrogens (tertiary/aromatic N) is 1. The van der Waals surface area contributed by atoms with Crippen LogP contribution in [-0.2, 0) is 25.6 Å². The van der Waals surface area contributed by atoms with Crippen molar-refractivity contribution in [2.24, 2.45) is 11.5 Å². The summed E-state index contributed by atoms with van der Waals surface area (Å²) in [7, 11) is 1.47. The molecule has 0 radical (unpaired) electrons. The Morgan fingerprint density at radius 1 is 1.08 bits per heavy atom. The molecule has 142 valence electrons. The summed E-state index contributed by atoms with van der Waals surface area (Å²) < 4.78 is 0. The summed E-state index contributed by atoms with van der Waals surface area (Å²) in [5.41, 5.74) is 11.1. The van der Waals surface area contributed by atoms with Crippen LogP contribution >= 0.6 is 0 Å². The van der Waals surface area contributed by atoms with E-state index in [4.69, 9.17) is 11.5 Å². The third-order valence-corrected chi connectivity index (χ3v) is 3.81. The van der Waals surface area contributed by atoms with Gasteiger partial charge in [-0.2, -0.15) is 0 Å². The van der Waals surface area contributed by atoms with E-state index >= 15 is 0 Å². The van der Waals surface area contributed by atoms with E-state index in [1.165, 1.54) is 24.1 Å². The zero-order chi connectivity index (χ0) is 19.7. The number of phenolic OH excluding ortho intramolecular Hbond substituents is 1. The van der Waals surface area contributed by atoms with Crippen molar-refractivity contribution < 1.29 is 24.3 Å². The topological polar surface area (TPSA) is 156 Å². The third kappa shape index (κ3) is 7.20. The Kier molecular flexibility index (Phi) is 8.07. The molecule has 0 unspecified atom stereocenters. The molecule has 26 heavy (non-hydrogen) atoms. The summed E-state index contributed by atoms with van der Waals surface area (Å²) in [5, 5.41) is 11.8. The highest BCUT2D eigenvalue weighted by Gasteiger charge is 2.25. The molecule has 6 N–H and O–H groups in total. The molecule has 0 saturated heterocycles. The van der Waals surface area contributed by atoms with Crippen LogP contribution in [-0.4, -0.2) is 53.3 Å². The number of likely N-dealkylation sites (N-methyl/N-ethyl adjacent to an activating group) is 1. The number of aromatic hydroxyl groups is 1. The molecule has 9 heteroatoms. The first-order valence-electron chi connectivity index (χ1n) is 8.08. The van der Waals surface area contributed by atoms with Crippen molar-refractivity contribution in [3.05, 3.63) is 29.8 Å². The smallest absolute Gasteiger partial charge is 0.240 e. The lowest BCUT2D eigenvalue weighted by Gasteiger charge is -2.26. The molecule has 0 aliphatic carbocycles. The highest BCUT2D eigenvalue weighted by molar-refractivity contribution is 5.87. The maximum Gasteiger partial charge on any atom is 0.240 e. The van der Waals surface area contributed by atoms with Crippen molar-refractivity contribution in [1.29, 1.82) is 0 Å².